The van der Waals surface area contributed by atoms with Crippen molar-refractivity contribution >= 4 is 0 Å². The number of hydrogen-bond acceptors (Lipinski definition) is 2. The molecule has 1 aliphatic rings. The molecule has 0 bridgehead atoms. The van der Waals surface area contributed by atoms with Gasteiger partial charge in [0.25, 0.3) is 0 Å². The zero-order chi connectivity index (χ0) is 6.10. The number of aromatic nitrogens is 1. The van der Waals surface area contributed by atoms with E-state index in [1.165, 1.54) is 0 Å². The van der Waals surface area contributed by atoms with E-state index in [2.05, 4.69) is 10.3 Å². The zero-order valence-corrected chi connectivity index (χ0v) is 5.04. The second-order valence-electron chi connectivity index (χ2n) is 2.22. The second-order valence-corrected chi connectivity index (χ2v) is 2.22. The van der Waals surface area contributed by atoms with Gasteiger partial charge in [0.1, 0.15) is 0 Å². The van der Waals surface area contributed by atoms with E-state index in [-0.39, 0.29) is 0 Å². The molecule has 1 aromatic rings. The van der Waals surface area contributed by atoms with E-state index in [9.17, 15) is 0 Å². The molecule has 1 aromatic heterocycles. The summed E-state index contributed by atoms with van der Waals surface area (Å²) in [5, 5.41) is 3.19. The molecule has 0 saturated carbocycles. The molecule has 0 radical (unpaired) electrons. The summed E-state index contributed by atoms with van der Waals surface area (Å²) in [4.78, 5) is 4.18. The highest BCUT2D eigenvalue weighted by atomic mass is 15.1. The first-order valence-corrected chi connectivity index (χ1v) is 3.11. The van der Waals surface area contributed by atoms with Gasteiger partial charge in [-0.15, -0.1) is 0 Å². The number of hydrogen-bond donors (Lipinski definition) is 1. The van der Waals surface area contributed by atoms with Gasteiger partial charge < -0.3 is 5.32 Å². The molecule has 9 heavy (non-hydrogen) atoms. The molecular formula is C7H8N2. The van der Waals surface area contributed by atoms with Gasteiger partial charge in [0.05, 0.1) is 11.7 Å². The van der Waals surface area contributed by atoms with Gasteiger partial charge in [-0.1, -0.05) is 6.07 Å². The Bertz CT molecular complexity index is 191. The van der Waals surface area contributed by atoms with Gasteiger partial charge in [0, 0.05) is 12.7 Å². The first-order valence-electron chi connectivity index (χ1n) is 3.11. The van der Waals surface area contributed by atoms with Crippen molar-refractivity contribution in [1.82, 2.24) is 10.3 Å². The Labute approximate surface area is 53.9 Å². The maximum Gasteiger partial charge on any atom is 0.0622 e. The van der Waals surface area contributed by atoms with Crippen LogP contribution in [0.5, 0.6) is 0 Å². The lowest BCUT2D eigenvalue weighted by Crippen LogP contribution is -1.86. The van der Waals surface area contributed by atoms with Gasteiger partial charge in [0.2, 0.25) is 0 Å². The highest BCUT2D eigenvalue weighted by Crippen LogP contribution is 2.17. The van der Waals surface area contributed by atoms with Crippen molar-refractivity contribution in [1.29, 1.82) is 0 Å². The lowest BCUT2D eigenvalue weighted by atomic mass is 10.3. The van der Waals surface area contributed by atoms with Crippen LogP contribution in [0.4, 0.5) is 0 Å². The highest BCUT2D eigenvalue weighted by Gasteiger charge is 2.22. The molecule has 1 aliphatic heterocycles. The summed E-state index contributed by atoms with van der Waals surface area (Å²) in [5.74, 6) is 0. The minimum Gasteiger partial charge on any atom is -0.306 e. The molecule has 46 valence electrons. The summed E-state index contributed by atoms with van der Waals surface area (Å²) >= 11 is 0. The molecule has 1 saturated heterocycles. The zero-order valence-electron chi connectivity index (χ0n) is 5.04. The Morgan fingerprint density at radius 3 is 3.00 bits per heavy atom. The molecule has 2 heterocycles. The molecule has 1 atom stereocenters. The molecule has 2 heteroatoms. The van der Waals surface area contributed by atoms with Gasteiger partial charge in [-0.05, 0) is 12.1 Å². The summed E-state index contributed by atoms with van der Waals surface area (Å²) in [6.45, 7) is 1.09. The Morgan fingerprint density at radius 1 is 1.56 bits per heavy atom. The molecule has 0 aliphatic carbocycles. The average molecular weight is 120 g/mol. The normalized spacial score (nSPS) is 23.8. The van der Waals surface area contributed by atoms with Crippen LogP contribution in [0.1, 0.15) is 11.7 Å². The number of rotatable bonds is 1. The summed E-state index contributed by atoms with van der Waals surface area (Å²) < 4.78 is 0. The fourth-order valence-corrected chi connectivity index (χ4v) is 0.850. The molecule has 1 fully saturated rings. The molecule has 0 spiro atoms. The van der Waals surface area contributed by atoms with Gasteiger partial charge in [0.15, 0.2) is 0 Å². The second kappa shape index (κ2) is 1.81. The fraction of sp³-hybridized carbons (Fsp3) is 0.286. The van der Waals surface area contributed by atoms with Crippen LogP contribution in [0.2, 0.25) is 0 Å². The van der Waals surface area contributed by atoms with Crippen LogP contribution >= 0.6 is 0 Å². The first kappa shape index (κ1) is 4.94. The van der Waals surface area contributed by atoms with Crippen molar-refractivity contribution in [3.05, 3.63) is 30.1 Å². The summed E-state index contributed by atoms with van der Waals surface area (Å²) in [6.07, 6.45) is 1.83. The maximum absolute atomic E-state index is 4.18. The van der Waals surface area contributed by atoms with Crippen molar-refractivity contribution in [2.75, 3.05) is 6.54 Å². The van der Waals surface area contributed by atoms with Gasteiger partial charge in [-0.3, -0.25) is 4.98 Å². The van der Waals surface area contributed by atoms with Crippen molar-refractivity contribution in [2.45, 2.75) is 6.04 Å². The largest absolute Gasteiger partial charge is 0.306 e. The third-order valence-corrected chi connectivity index (χ3v) is 1.45. The molecule has 1 N–H and O–H groups in total. The Hall–Kier alpha value is -0.890. The molecule has 0 aromatic carbocycles. The van der Waals surface area contributed by atoms with E-state index in [1.54, 1.807) is 0 Å². The molecule has 0 amide bonds. The molecular weight excluding hydrogens is 112 g/mol. The van der Waals surface area contributed by atoms with Crippen LogP contribution in [0, 0.1) is 0 Å². The number of nitrogens with one attached hydrogen (secondary N) is 1. The quantitative estimate of drug-likeness (QED) is 0.554. The van der Waals surface area contributed by atoms with Gasteiger partial charge in [-0.2, -0.15) is 0 Å². The summed E-state index contributed by atoms with van der Waals surface area (Å²) in [6, 6.07) is 6.55. The SMILES string of the molecule is c1ccc(C2CN2)nc1. The number of pyridine rings is 1. The van der Waals surface area contributed by atoms with Crippen LogP contribution in [0.25, 0.3) is 0 Å². The van der Waals surface area contributed by atoms with Crippen molar-refractivity contribution in [3.63, 3.8) is 0 Å². The van der Waals surface area contributed by atoms with Crippen molar-refractivity contribution in [2.24, 2.45) is 0 Å². The van der Waals surface area contributed by atoms with E-state index in [4.69, 9.17) is 0 Å². The summed E-state index contributed by atoms with van der Waals surface area (Å²) in [5.41, 5.74) is 1.16. The van der Waals surface area contributed by atoms with Crippen LogP contribution in [0.3, 0.4) is 0 Å². The predicted octanol–water partition coefficient (Wildman–Crippen LogP) is 0.726. The van der Waals surface area contributed by atoms with Crippen LogP contribution < -0.4 is 5.32 Å². The lowest BCUT2D eigenvalue weighted by Gasteiger charge is -1.90. The minimum absolute atomic E-state index is 0.547. The van der Waals surface area contributed by atoms with Gasteiger partial charge in [-0.25, -0.2) is 0 Å². The smallest absolute Gasteiger partial charge is 0.0622 e. The monoisotopic (exact) mass is 120 g/mol. The fourth-order valence-electron chi connectivity index (χ4n) is 0.850. The minimum atomic E-state index is 0.547. The van der Waals surface area contributed by atoms with E-state index in [0.717, 1.165) is 12.2 Å². The topological polar surface area (TPSA) is 34.8 Å². The molecule has 2 rings (SSSR count). The third-order valence-electron chi connectivity index (χ3n) is 1.45. The van der Waals surface area contributed by atoms with E-state index in [0.29, 0.717) is 6.04 Å². The van der Waals surface area contributed by atoms with E-state index >= 15 is 0 Å². The Balaban J connectivity index is 2.29. The standard InChI is InChI=1S/C7H8N2/c1-2-4-8-6(3-1)7-5-9-7/h1-4,7,9H,5H2. The first-order chi connectivity index (χ1) is 4.47. The Kier molecular flexibility index (Phi) is 0.993. The van der Waals surface area contributed by atoms with E-state index in [1.807, 2.05) is 24.4 Å². The summed E-state index contributed by atoms with van der Waals surface area (Å²) in [7, 11) is 0. The van der Waals surface area contributed by atoms with Crippen LogP contribution in [-0.4, -0.2) is 11.5 Å². The third kappa shape index (κ3) is 0.933. The lowest BCUT2D eigenvalue weighted by molar-refractivity contribution is 0.994. The number of nitrogens with zero attached hydrogens (tertiary/aromatic N) is 1. The maximum atomic E-state index is 4.18. The van der Waals surface area contributed by atoms with Crippen molar-refractivity contribution in [3.8, 4) is 0 Å². The van der Waals surface area contributed by atoms with Gasteiger partial charge >= 0.3 is 0 Å². The molecule has 2 nitrogen and oxygen atoms in total. The highest BCUT2D eigenvalue weighted by molar-refractivity contribution is 5.13. The predicted molar refractivity (Wildman–Crippen MR) is 35.0 cm³/mol. The Morgan fingerprint density at radius 2 is 2.44 bits per heavy atom. The van der Waals surface area contributed by atoms with Crippen LogP contribution in [0.15, 0.2) is 24.4 Å². The average Bonchev–Trinajstić information content (AvgIpc) is 2.71. The van der Waals surface area contributed by atoms with Crippen LogP contribution in [-0.2, 0) is 0 Å². The van der Waals surface area contributed by atoms with E-state index < -0.39 is 0 Å². The molecule has 1 unspecified atom stereocenters. The van der Waals surface area contributed by atoms with Crippen molar-refractivity contribution < 1.29 is 0 Å².